The minimum Gasteiger partial charge on any atom is -0.327 e. The molecule has 0 spiro atoms. The van der Waals surface area contributed by atoms with Crippen LogP contribution in [0.4, 0.5) is 0 Å². The van der Waals surface area contributed by atoms with E-state index in [1.807, 2.05) is 0 Å². The van der Waals surface area contributed by atoms with Gasteiger partial charge in [0, 0.05) is 25.1 Å². The number of aromatic nitrogens is 2. The Balaban J connectivity index is 2.04. The van der Waals surface area contributed by atoms with Crippen LogP contribution in [0.15, 0.2) is 17.5 Å². The van der Waals surface area contributed by atoms with Crippen LogP contribution in [-0.4, -0.2) is 9.55 Å². The molecule has 0 unspecified atom stereocenters. The molecule has 3 rings (SSSR count). The monoisotopic (exact) mass is 257 g/mol. The number of hydrogen-bond acceptors (Lipinski definition) is 3. The summed E-state index contributed by atoms with van der Waals surface area (Å²) in [7, 11) is 0. The topological polar surface area (TPSA) is 41.6 Å². The number of thiophene rings is 1. The van der Waals surface area contributed by atoms with Crippen molar-refractivity contribution in [2.75, 3.05) is 0 Å². The molecule has 4 heteroatoms. The van der Waals surface area contributed by atoms with Crippen LogP contribution in [0.1, 0.15) is 30.7 Å². The molecule has 1 aliphatic heterocycles. The molecule has 1 aliphatic rings. The van der Waals surface area contributed by atoms with Gasteiger partial charge in [-0.15, -0.1) is 11.3 Å². The van der Waals surface area contributed by atoms with Gasteiger partial charge in [0.05, 0.1) is 16.6 Å². The Labute approximate surface area is 111 Å². The largest absolute Gasteiger partial charge is 0.327 e. The maximum Gasteiger partial charge on any atom is 0.150 e. The number of nitriles is 1. The second kappa shape index (κ2) is 4.95. The van der Waals surface area contributed by atoms with Gasteiger partial charge in [0.15, 0.2) is 5.82 Å². The average Bonchev–Trinajstić information content (AvgIpc) is 3.04. The van der Waals surface area contributed by atoms with Crippen molar-refractivity contribution in [2.24, 2.45) is 0 Å². The van der Waals surface area contributed by atoms with Gasteiger partial charge in [-0.1, -0.05) is 6.07 Å². The van der Waals surface area contributed by atoms with E-state index in [1.165, 1.54) is 23.4 Å². The fourth-order valence-corrected chi connectivity index (χ4v) is 3.31. The normalized spacial score (nSPS) is 14.2. The van der Waals surface area contributed by atoms with Gasteiger partial charge in [0.25, 0.3) is 0 Å². The van der Waals surface area contributed by atoms with E-state index in [-0.39, 0.29) is 0 Å². The van der Waals surface area contributed by atoms with Gasteiger partial charge in [0.1, 0.15) is 0 Å². The number of fused-ring (bicyclic) bond motifs is 1. The summed E-state index contributed by atoms with van der Waals surface area (Å²) in [6, 6.07) is 6.42. The van der Waals surface area contributed by atoms with Gasteiger partial charge in [-0.3, -0.25) is 0 Å². The molecule has 0 saturated carbocycles. The first-order chi connectivity index (χ1) is 8.90. The number of hydrogen-bond donors (Lipinski definition) is 0. The fourth-order valence-electron chi connectivity index (χ4n) is 2.59. The predicted molar refractivity (Wildman–Crippen MR) is 72.4 cm³/mol. The molecule has 2 aromatic rings. The fraction of sp³-hybridized carbons (Fsp3) is 0.429. The summed E-state index contributed by atoms with van der Waals surface area (Å²) in [6.45, 7) is 1.07. The lowest BCUT2D eigenvalue weighted by atomic mass is 10.1. The van der Waals surface area contributed by atoms with Crippen LogP contribution in [0.25, 0.3) is 10.7 Å². The average molecular weight is 257 g/mol. The van der Waals surface area contributed by atoms with E-state index in [9.17, 15) is 0 Å². The van der Waals surface area contributed by atoms with E-state index in [0.717, 1.165) is 30.9 Å². The van der Waals surface area contributed by atoms with Crippen LogP contribution in [0, 0.1) is 11.3 Å². The van der Waals surface area contributed by atoms with E-state index < -0.39 is 0 Å². The van der Waals surface area contributed by atoms with Crippen molar-refractivity contribution < 1.29 is 0 Å². The minimum atomic E-state index is 0.563. The standard InChI is InChI=1S/C14H15N3S/c15-8-3-5-11-12-6-1-2-9-17(12)14(16-11)13-7-4-10-18-13/h4,7,10H,1-3,5-6,9H2. The van der Waals surface area contributed by atoms with Crippen LogP contribution in [0.2, 0.25) is 0 Å². The third-order valence-electron chi connectivity index (χ3n) is 3.42. The Kier molecular flexibility index (Phi) is 3.16. The van der Waals surface area contributed by atoms with Crippen molar-refractivity contribution in [2.45, 2.75) is 38.6 Å². The zero-order valence-electron chi connectivity index (χ0n) is 10.2. The summed E-state index contributed by atoms with van der Waals surface area (Å²) in [5.41, 5.74) is 2.50. The Bertz CT molecular complexity index is 575. The van der Waals surface area contributed by atoms with Gasteiger partial charge in [-0.2, -0.15) is 5.26 Å². The molecule has 3 nitrogen and oxygen atoms in total. The van der Waals surface area contributed by atoms with Crippen LogP contribution in [-0.2, 0) is 19.4 Å². The molecule has 0 bridgehead atoms. The Hall–Kier alpha value is -1.60. The number of rotatable bonds is 3. The molecule has 0 radical (unpaired) electrons. The first-order valence-electron chi connectivity index (χ1n) is 6.39. The maximum absolute atomic E-state index is 8.74. The Morgan fingerprint density at radius 1 is 1.44 bits per heavy atom. The molecular weight excluding hydrogens is 242 g/mol. The second-order valence-electron chi connectivity index (χ2n) is 4.57. The van der Waals surface area contributed by atoms with Gasteiger partial charge in [-0.25, -0.2) is 4.98 Å². The molecular formula is C14H15N3S. The summed E-state index contributed by atoms with van der Waals surface area (Å²) in [4.78, 5) is 6.03. The minimum absolute atomic E-state index is 0.563. The lowest BCUT2D eigenvalue weighted by Gasteiger charge is -2.16. The van der Waals surface area contributed by atoms with Gasteiger partial charge in [0.2, 0.25) is 0 Å². The molecule has 0 aromatic carbocycles. The molecule has 0 amide bonds. The van der Waals surface area contributed by atoms with Crippen LogP contribution in [0.3, 0.4) is 0 Å². The van der Waals surface area contributed by atoms with Crippen molar-refractivity contribution in [1.82, 2.24) is 9.55 Å². The highest BCUT2D eigenvalue weighted by molar-refractivity contribution is 7.13. The summed E-state index contributed by atoms with van der Waals surface area (Å²) < 4.78 is 2.36. The summed E-state index contributed by atoms with van der Waals surface area (Å²) in [6.07, 6.45) is 4.94. The number of aryl methyl sites for hydroxylation is 1. The SMILES string of the molecule is N#CCCc1nc(-c2cccs2)n2c1CCCC2. The molecule has 0 aliphatic carbocycles. The van der Waals surface area contributed by atoms with E-state index in [0.29, 0.717) is 6.42 Å². The molecule has 3 heterocycles. The Morgan fingerprint density at radius 3 is 3.17 bits per heavy atom. The van der Waals surface area contributed by atoms with Crippen LogP contribution in [0.5, 0.6) is 0 Å². The van der Waals surface area contributed by atoms with Crippen molar-refractivity contribution in [3.63, 3.8) is 0 Å². The van der Waals surface area contributed by atoms with E-state index in [1.54, 1.807) is 11.3 Å². The second-order valence-corrected chi connectivity index (χ2v) is 5.52. The molecule has 0 fully saturated rings. The van der Waals surface area contributed by atoms with Crippen LogP contribution >= 0.6 is 11.3 Å². The summed E-state index contributed by atoms with van der Waals surface area (Å²) in [5, 5.41) is 10.8. The highest BCUT2D eigenvalue weighted by Crippen LogP contribution is 2.30. The quantitative estimate of drug-likeness (QED) is 0.845. The van der Waals surface area contributed by atoms with Gasteiger partial charge < -0.3 is 4.57 Å². The van der Waals surface area contributed by atoms with E-state index in [2.05, 4.69) is 28.1 Å². The lowest BCUT2D eigenvalue weighted by molar-refractivity contribution is 0.533. The Morgan fingerprint density at radius 2 is 2.39 bits per heavy atom. The molecule has 2 aromatic heterocycles. The maximum atomic E-state index is 8.74. The molecule has 0 N–H and O–H groups in total. The van der Waals surface area contributed by atoms with Crippen molar-refractivity contribution in [1.29, 1.82) is 5.26 Å². The van der Waals surface area contributed by atoms with E-state index in [4.69, 9.17) is 10.2 Å². The van der Waals surface area contributed by atoms with Gasteiger partial charge in [-0.05, 0) is 30.7 Å². The van der Waals surface area contributed by atoms with Crippen LogP contribution < -0.4 is 0 Å². The highest BCUT2D eigenvalue weighted by Gasteiger charge is 2.20. The van der Waals surface area contributed by atoms with Crippen molar-refractivity contribution >= 4 is 11.3 Å². The lowest BCUT2D eigenvalue weighted by Crippen LogP contribution is -2.11. The molecule has 92 valence electrons. The first kappa shape index (κ1) is 11.5. The zero-order chi connectivity index (χ0) is 12.4. The van der Waals surface area contributed by atoms with Crippen molar-refractivity contribution in [3.8, 4) is 16.8 Å². The molecule has 0 atom stereocenters. The smallest absolute Gasteiger partial charge is 0.150 e. The molecule has 18 heavy (non-hydrogen) atoms. The highest BCUT2D eigenvalue weighted by atomic mass is 32.1. The third-order valence-corrected chi connectivity index (χ3v) is 4.28. The summed E-state index contributed by atoms with van der Waals surface area (Å²) in [5.74, 6) is 1.10. The van der Waals surface area contributed by atoms with Gasteiger partial charge >= 0.3 is 0 Å². The number of nitrogens with zero attached hydrogens (tertiary/aromatic N) is 3. The number of imidazole rings is 1. The van der Waals surface area contributed by atoms with Crippen molar-refractivity contribution in [3.05, 3.63) is 28.9 Å². The zero-order valence-corrected chi connectivity index (χ0v) is 11.0. The summed E-state index contributed by atoms with van der Waals surface area (Å²) >= 11 is 1.74. The molecule has 0 saturated heterocycles. The third kappa shape index (κ3) is 1.95. The predicted octanol–water partition coefficient (Wildman–Crippen LogP) is 3.40. The van der Waals surface area contributed by atoms with E-state index >= 15 is 0 Å². The first-order valence-corrected chi connectivity index (χ1v) is 7.27.